The van der Waals surface area contributed by atoms with Crippen molar-refractivity contribution >= 4 is 0 Å². The van der Waals surface area contributed by atoms with E-state index in [-0.39, 0.29) is 0 Å². The first-order valence-electron chi connectivity index (χ1n) is 7.54. The Hall–Kier alpha value is -0.830. The summed E-state index contributed by atoms with van der Waals surface area (Å²) >= 11 is 0. The highest BCUT2D eigenvalue weighted by Gasteiger charge is 2.29. The van der Waals surface area contributed by atoms with Gasteiger partial charge in [-0.3, -0.25) is 4.68 Å². The summed E-state index contributed by atoms with van der Waals surface area (Å²) in [5.41, 5.74) is 2.91. The lowest BCUT2D eigenvalue weighted by Gasteiger charge is -2.27. The van der Waals surface area contributed by atoms with Gasteiger partial charge in [0.2, 0.25) is 0 Å². The van der Waals surface area contributed by atoms with Crippen LogP contribution in [0.3, 0.4) is 0 Å². The van der Waals surface area contributed by atoms with Crippen molar-refractivity contribution in [2.24, 2.45) is 13.0 Å². The number of nitrogens with one attached hydrogen (secondary N) is 1. The van der Waals surface area contributed by atoms with Crippen molar-refractivity contribution < 1.29 is 0 Å². The quantitative estimate of drug-likeness (QED) is 0.890. The Bertz CT molecular complexity index is 410. The standard InChI is InChI=1S/C15H25N3/c1-3-11-7-8-12(9-11)17-14-5-4-6-15-13(14)10-16-18(15)2/h10-12,14,17H,3-9H2,1-2H3. The van der Waals surface area contributed by atoms with E-state index >= 15 is 0 Å². The Kier molecular flexibility index (Phi) is 3.42. The van der Waals surface area contributed by atoms with E-state index in [4.69, 9.17) is 0 Å². The van der Waals surface area contributed by atoms with Crippen LogP contribution in [0.4, 0.5) is 0 Å². The van der Waals surface area contributed by atoms with Gasteiger partial charge in [-0.25, -0.2) is 0 Å². The minimum atomic E-state index is 0.558. The van der Waals surface area contributed by atoms with Gasteiger partial charge in [0.05, 0.1) is 6.20 Å². The second-order valence-corrected chi connectivity index (χ2v) is 6.07. The molecule has 0 saturated heterocycles. The third kappa shape index (κ3) is 2.20. The zero-order valence-electron chi connectivity index (χ0n) is 11.7. The van der Waals surface area contributed by atoms with Crippen LogP contribution in [-0.4, -0.2) is 15.8 Å². The van der Waals surface area contributed by atoms with Crippen molar-refractivity contribution in [3.05, 3.63) is 17.5 Å². The molecule has 1 fully saturated rings. The highest BCUT2D eigenvalue weighted by molar-refractivity contribution is 5.24. The zero-order valence-corrected chi connectivity index (χ0v) is 11.7. The average molecular weight is 247 g/mol. The number of aromatic nitrogens is 2. The van der Waals surface area contributed by atoms with Crippen molar-refractivity contribution in [1.29, 1.82) is 0 Å². The van der Waals surface area contributed by atoms with E-state index in [0.717, 1.165) is 12.0 Å². The van der Waals surface area contributed by atoms with Gasteiger partial charge in [-0.15, -0.1) is 0 Å². The molecule has 1 saturated carbocycles. The van der Waals surface area contributed by atoms with Gasteiger partial charge in [0.15, 0.2) is 0 Å². The molecule has 2 aliphatic carbocycles. The number of aryl methyl sites for hydroxylation is 1. The van der Waals surface area contributed by atoms with Gasteiger partial charge in [0, 0.05) is 30.4 Å². The van der Waals surface area contributed by atoms with E-state index in [1.54, 1.807) is 0 Å². The number of hydrogen-bond acceptors (Lipinski definition) is 2. The Labute approximate surface area is 110 Å². The summed E-state index contributed by atoms with van der Waals surface area (Å²) < 4.78 is 2.06. The van der Waals surface area contributed by atoms with Crippen molar-refractivity contribution in [3.8, 4) is 0 Å². The van der Waals surface area contributed by atoms with Crippen LogP contribution in [-0.2, 0) is 13.5 Å². The molecule has 3 rings (SSSR count). The molecule has 3 heteroatoms. The molecule has 3 atom stereocenters. The zero-order chi connectivity index (χ0) is 12.5. The van der Waals surface area contributed by atoms with Gasteiger partial charge >= 0.3 is 0 Å². The van der Waals surface area contributed by atoms with Crippen molar-refractivity contribution in [1.82, 2.24) is 15.1 Å². The molecule has 0 aromatic carbocycles. The molecule has 3 unspecified atom stereocenters. The first-order valence-corrected chi connectivity index (χ1v) is 7.54. The largest absolute Gasteiger partial charge is 0.307 e. The summed E-state index contributed by atoms with van der Waals surface area (Å²) in [4.78, 5) is 0. The molecule has 1 N–H and O–H groups in total. The Morgan fingerprint density at radius 1 is 1.39 bits per heavy atom. The number of nitrogens with zero attached hydrogens (tertiary/aromatic N) is 2. The van der Waals surface area contributed by atoms with Gasteiger partial charge in [-0.05, 0) is 44.4 Å². The van der Waals surface area contributed by atoms with Crippen molar-refractivity contribution in [2.75, 3.05) is 0 Å². The maximum atomic E-state index is 4.43. The first-order chi connectivity index (χ1) is 8.78. The van der Waals surface area contributed by atoms with Crippen molar-refractivity contribution in [3.63, 3.8) is 0 Å². The fraction of sp³-hybridized carbons (Fsp3) is 0.800. The van der Waals surface area contributed by atoms with Crippen LogP contribution in [0, 0.1) is 5.92 Å². The molecular formula is C15H25N3. The molecule has 1 aromatic heterocycles. The van der Waals surface area contributed by atoms with Gasteiger partial charge in [0.25, 0.3) is 0 Å². The molecule has 100 valence electrons. The molecule has 0 aliphatic heterocycles. The van der Waals surface area contributed by atoms with E-state index in [1.165, 1.54) is 56.2 Å². The molecule has 0 spiro atoms. The van der Waals surface area contributed by atoms with Crippen LogP contribution in [0.25, 0.3) is 0 Å². The molecule has 18 heavy (non-hydrogen) atoms. The second kappa shape index (κ2) is 5.04. The molecule has 2 aliphatic rings. The van der Waals surface area contributed by atoms with Crippen LogP contribution in [0.5, 0.6) is 0 Å². The van der Waals surface area contributed by atoms with Crippen LogP contribution < -0.4 is 5.32 Å². The molecule has 1 aromatic rings. The molecule has 1 heterocycles. The Balaban J connectivity index is 1.67. The lowest BCUT2D eigenvalue weighted by Crippen LogP contribution is -2.33. The van der Waals surface area contributed by atoms with Gasteiger partial charge in [-0.1, -0.05) is 13.3 Å². The van der Waals surface area contributed by atoms with E-state index in [1.807, 2.05) is 0 Å². The fourth-order valence-corrected chi connectivity index (χ4v) is 3.76. The van der Waals surface area contributed by atoms with Crippen LogP contribution >= 0.6 is 0 Å². The third-order valence-corrected chi connectivity index (χ3v) is 4.93. The maximum absolute atomic E-state index is 4.43. The smallest absolute Gasteiger partial charge is 0.0540 e. The maximum Gasteiger partial charge on any atom is 0.0540 e. The minimum absolute atomic E-state index is 0.558. The van der Waals surface area contributed by atoms with E-state index in [2.05, 4.69) is 35.3 Å². The number of fused-ring (bicyclic) bond motifs is 1. The summed E-state index contributed by atoms with van der Waals surface area (Å²) in [6, 6.07) is 1.30. The van der Waals surface area contributed by atoms with E-state index in [0.29, 0.717) is 6.04 Å². The van der Waals surface area contributed by atoms with Crippen LogP contribution in [0.1, 0.15) is 62.7 Å². The second-order valence-electron chi connectivity index (χ2n) is 6.07. The van der Waals surface area contributed by atoms with Gasteiger partial charge in [0.1, 0.15) is 0 Å². The summed E-state index contributed by atoms with van der Waals surface area (Å²) in [5.74, 6) is 0.958. The number of hydrogen-bond donors (Lipinski definition) is 1. The van der Waals surface area contributed by atoms with Crippen LogP contribution in [0.15, 0.2) is 6.20 Å². The average Bonchev–Trinajstić information content (AvgIpc) is 2.98. The highest BCUT2D eigenvalue weighted by Crippen LogP contribution is 2.33. The summed E-state index contributed by atoms with van der Waals surface area (Å²) in [6.45, 7) is 2.33. The van der Waals surface area contributed by atoms with E-state index in [9.17, 15) is 0 Å². The highest BCUT2D eigenvalue weighted by atomic mass is 15.3. The SMILES string of the molecule is CCC1CCC(NC2CCCc3c2cnn3C)C1. The summed E-state index contributed by atoms with van der Waals surface area (Å²) in [7, 11) is 2.07. The number of rotatable bonds is 3. The van der Waals surface area contributed by atoms with Gasteiger partial charge in [-0.2, -0.15) is 5.10 Å². The normalized spacial score (nSPS) is 31.6. The lowest BCUT2D eigenvalue weighted by molar-refractivity contribution is 0.384. The van der Waals surface area contributed by atoms with Gasteiger partial charge < -0.3 is 5.32 Å². The first kappa shape index (κ1) is 12.2. The van der Waals surface area contributed by atoms with Crippen molar-refractivity contribution in [2.45, 2.75) is 64.0 Å². The Morgan fingerprint density at radius 3 is 3.06 bits per heavy atom. The molecule has 0 radical (unpaired) electrons. The lowest BCUT2D eigenvalue weighted by atomic mass is 9.92. The van der Waals surface area contributed by atoms with E-state index < -0.39 is 0 Å². The Morgan fingerprint density at radius 2 is 2.28 bits per heavy atom. The molecular weight excluding hydrogens is 222 g/mol. The summed E-state index contributed by atoms with van der Waals surface area (Å²) in [6.07, 6.45) is 11.4. The third-order valence-electron chi connectivity index (χ3n) is 4.93. The predicted octanol–water partition coefficient (Wildman–Crippen LogP) is 2.97. The predicted molar refractivity (Wildman–Crippen MR) is 73.4 cm³/mol. The monoisotopic (exact) mass is 247 g/mol. The molecule has 3 nitrogen and oxygen atoms in total. The molecule has 0 bridgehead atoms. The fourth-order valence-electron chi connectivity index (χ4n) is 3.76. The topological polar surface area (TPSA) is 29.9 Å². The summed E-state index contributed by atoms with van der Waals surface area (Å²) in [5, 5.41) is 8.33. The molecule has 0 amide bonds. The minimum Gasteiger partial charge on any atom is -0.307 e. The van der Waals surface area contributed by atoms with Crippen LogP contribution in [0.2, 0.25) is 0 Å².